The predicted molar refractivity (Wildman–Crippen MR) is 56.9 cm³/mol. The molecule has 0 radical (unpaired) electrons. The van der Waals surface area contributed by atoms with Gasteiger partial charge in [0.15, 0.2) is 0 Å². The Hall–Kier alpha value is -1.56. The molecule has 94 valence electrons. The number of amides is 1. The first-order valence-corrected chi connectivity index (χ1v) is 5.14. The highest BCUT2D eigenvalue weighted by atomic mass is 19.1. The molecule has 6 heteroatoms. The number of carbonyl (C=O) groups excluding carboxylic acids is 1. The molecule has 0 aliphatic carbocycles. The second-order valence-electron chi connectivity index (χ2n) is 3.62. The number of nitrogens with one attached hydrogen (secondary N) is 1. The molecule has 0 saturated heterocycles. The van der Waals surface area contributed by atoms with Crippen molar-refractivity contribution in [2.75, 3.05) is 6.54 Å². The Morgan fingerprint density at radius 3 is 2.35 bits per heavy atom. The van der Waals surface area contributed by atoms with Crippen molar-refractivity contribution < 1.29 is 18.0 Å². The number of benzene rings is 1. The molecule has 3 N–H and O–H groups in total. The number of carbonyl (C=O) groups is 1. The van der Waals surface area contributed by atoms with Gasteiger partial charge in [0, 0.05) is 24.7 Å². The fourth-order valence-corrected chi connectivity index (χ4v) is 1.22. The maximum atomic E-state index is 13.2. The monoisotopic (exact) mass is 246 g/mol. The van der Waals surface area contributed by atoms with Crippen LogP contribution in [0.5, 0.6) is 0 Å². The van der Waals surface area contributed by atoms with Gasteiger partial charge in [0.05, 0.1) is 0 Å². The molecule has 0 aromatic heterocycles. The Morgan fingerprint density at radius 2 is 1.88 bits per heavy atom. The molecule has 0 aliphatic heterocycles. The van der Waals surface area contributed by atoms with E-state index in [1.807, 2.05) is 6.92 Å². The highest BCUT2D eigenvalue weighted by Crippen LogP contribution is 2.14. The molecule has 1 aromatic carbocycles. The molecule has 1 aromatic rings. The van der Waals surface area contributed by atoms with Gasteiger partial charge in [-0.25, -0.2) is 13.2 Å². The summed E-state index contributed by atoms with van der Waals surface area (Å²) in [5.74, 6) is -4.47. The lowest BCUT2D eigenvalue weighted by atomic mass is 10.1. The van der Waals surface area contributed by atoms with Gasteiger partial charge in [-0.05, 0) is 6.42 Å². The van der Waals surface area contributed by atoms with Gasteiger partial charge in [-0.2, -0.15) is 0 Å². The van der Waals surface area contributed by atoms with E-state index in [2.05, 4.69) is 5.32 Å². The van der Waals surface area contributed by atoms with Crippen LogP contribution >= 0.6 is 0 Å². The van der Waals surface area contributed by atoms with Gasteiger partial charge in [0.1, 0.15) is 23.0 Å². The molecule has 0 bridgehead atoms. The first kappa shape index (κ1) is 13.5. The van der Waals surface area contributed by atoms with Crippen LogP contribution in [0.1, 0.15) is 23.7 Å². The Balaban J connectivity index is 2.82. The smallest absolute Gasteiger partial charge is 0.257 e. The molecule has 1 rings (SSSR count). The van der Waals surface area contributed by atoms with Crippen LogP contribution in [0.25, 0.3) is 0 Å². The maximum absolute atomic E-state index is 13.2. The van der Waals surface area contributed by atoms with Gasteiger partial charge in [-0.3, -0.25) is 4.79 Å². The number of nitrogens with two attached hydrogens (primary N) is 1. The van der Waals surface area contributed by atoms with E-state index in [9.17, 15) is 18.0 Å². The molecule has 1 unspecified atom stereocenters. The second kappa shape index (κ2) is 5.67. The van der Waals surface area contributed by atoms with Crippen molar-refractivity contribution in [1.29, 1.82) is 0 Å². The molecule has 1 amide bonds. The van der Waals surface area contributed by atoms with Crippen LogP contribution in [-0.2, 0) is 0 Å². The Morgan fingerprint density at radius 1 is 1.35 bits per heavy atom. The number of rotatable bonds is 4. The molecular weight excluding hydrogens is 233 g/mol. The van der Waals surface area contributed by atoms with E-state index in [1.165, 1.54) is 0 Å². The van der Waals surface area contributed by atoms with E-state index in [0.717, 1.165) is 0 Å². The van der Waals surface area contributed by atoms with Crippen LogP contribution in [0.3, 0.4) is 0 Å². The van der Waals surface area contributed by atoms with Gasteiger partial charge in [-0.1, -0.05) is 6.92 Å². The van der Waals surface area contributed by atoms with Crippen molar-refractivity contribution in [3.63, 3.8) is 0 Å². The summed E-state index contributed by atoms with van der Waals surface area (Å²) in [4.78, 5) is 11.4. The molecular formula is C11H13F3N2O. The molecule has 0 saturated carbocycles. The predicted octanol–water partition coefficient (Wildman–Crippen LogP) is 1.57. The number of hydrogen-bond donors (Lipinski definition) is 2. The first-order chi connectivity index (χ1) is 7.95. The van der Waals surface area contributed by atoms with Crippen molar-refractivity contribution >= 4 is 5.91 Å². The number of halogens is 3. The lowest BCUT2D eigenvalue weighted by Crippen LogP contribution is -2.37. The standard InChI is InChI=1S/C11H13F3N2O/c1-2-7(15)5-16-11(17)10-8(13)3-6(12)4-9(10)14/h3-4,7H,2,5,15H2,1H3,(H,16,17). The topological polar surface area (TPSA) is 55.1 Å². The highest BCUT2D eigenvalue weighted by Gasteiger charge is 2.18. The summed E-state index contributed by atoms with van der Waals surface area (Å²) in [7, 11) is 0. The van der Waals surface area contributed by atoms with Crippen molar-refractivity contribution in [2.45, 2.75) is 19.4 Å². The van der Waals surface area contributed by atoms with Crippen LogP contribution in [0.4, 0.5) is 13.2 Å². The zero-order chi connectivity index (χ0) is 13.0. The van der Waals surface area contributed by atoms with Crippen LogP contribution < -0.4 is 11.1 Å². The zero-order valence-electron chi connectivity index (χ0n) is 9.27. The van der Waals surface area contributed by atoms with E-state index >= 15 is 0 Å². The molecule has 0 aliphatic rings. The average Bonchev–Trinajstić information content (AvgIpc) is 2.24. The summed E-state index contributed by atoms with van der Waals surface area (Å²) in [5, 5.41) is 2.28. The van der Waals surface area contributed by atoms with Gasteiger partial charge in [0.25, 0.3) is 5.91 Å². The quantitative estimate of drug-likeness (QED) is 0.847. The van der Waals surface area contributed by atoms with Gasteiger partial charge in [-0.15, -0.1) is 0 Å². The van der Waals surface area contributed by atoms with Crippen molar-refractivity contribution in [2.24, 2.45) is 5.73 Å². The molecule has 0 heterocycles. The van der Waals surface area contributed by atoms with Gasteiger partial charge in [0.2, 0.25) is 0 Å². The van der Waals surface area contributed by atoms with E-state index in [0.29, 0.717) is 18.6 Å². The summed E-state index contributed by atoms with van der Waals surface area (Å²) in [5.41, 5.74) is 4.74. The lowest BCUT2D eigenvalue weighted by Gasteiger charge is -2.11. The summed E-state index contributed by atoms with van der Waals surface area (Å²) in [6, 6.07) is 0.626. The normalized spacial score (nSPS) is 12.3. The molecule has 17 heavy (non-hydrogen) atoms. The average molecular weight is 246 g/mol. The van der Waals surface area contributed by atoms with Crippen LogP contribution in [0.2, 0.25) is 0 Å². The minimum Gasteiger partial charge on any atom is -0.350 e. The summed E-state index contributed by atoms with van der Waals surface area (Å²) >= 11 is 0. The second-order valence-corrected chi connectivity index (χ2v) is 3.62. The molecule has 3 nitrogen and oxygen atoms in total. The Kier molecular flexibility index (Phi) is 4.51. The minimum atomic E-state index is -1.23. The Labute approximate surface area is 96.8 Å². The molecule has 0 spiro atoms. The van der Waals surface area contributed by atoms with Crippen LogP contribution in [0, 0.1) is 17.5 Å². The molecule has 0 fully saturated rings. The van der Waals surface area contributed by atoms with Crippen LogP contribution in [-0.4, -0.2) is 18.5 Å². The van der Waals surface area contributed by atoms with E-state index in [1.54, 1.807) is 0 Å². The van der Waals surface area contributed by atoms with Crippen molar-refractivity contribution in [3.05, 3.63) is 35.1 Å². The van der Waals surface area contributed by atoms with E-state index in [-0.39, 0.29) is 12.6 Å². The Bertz CT molecular complexity index is 400. The van der Waals surface area contributed by atoms with E-state index in [4.69, 9.17) is 5.73 Å². The lowest BCUT2D eigenvalue weighted by molar-refractivity contribution is 0.0942. The summed E-state index contributed by atoms with van der Waals surface area (Å²) in [6.07, 6.45) is 0.620. The van der Waals surface area contributed by atoms with Crippen LogP contribution in [0.15, 0.2) is 12.1 Å². The van der Waals surface area contributed by atoms with Gasteiger partial charge < -0.3 is 11.1 Å². The number of hydrogen-bond acceptors (Lipinski definition) is 2. The SMILES string of the molecule is CCC(N)CNC(=O)c1c(F)cc(F)cc1F. The fraction of sp³-hybridized carbons (Fsp3) is 0.364. The van der Waals surface area contributed by atoms with Crippen molar-refractivity contribution in [3.8, 4) is 0 Å². The maximum Gasteiger partial charge on any atom is 0.257 e. The van der Waals surface area contributed by atoms with Gasteiger partial charge >= 0.3 is 0 Å². The minimum absolute atomic E-state index is 0.103. The first-order valence-electron chi connectivity index (χ1n) is 5.14. The molecule has 1 atom stereocenters. The van der Waals surface area contributed by atoms with Crippen molar-refractivity contribution in [1.82, 2.24) is 5.32 Å². The third-order valence-electron chi connectivity index (χ3n) is 2.28. The fourth-order valence-electron chi connectivity index (χ4n) is 1.22. The van der Waals surface area contributed by atoms with E-state index < -0.39 is 28.9 Å². The summed E-state index contributed by atoms with van der Waals surface area (Å²) in [6.45, 7) is 1.92. The third kappa shape index (κ3) is 3.45. The third-order valence-corrected chi connectivity index (χ3v) is 2.28. The highest BCUT2D eigenvalue weighted by molar-refractivity contribution is 5.94. The largest absolute Gasteiger partial charge is 0.350 e. The zero-order valence-corrected chi connectivity index (χ0v) is 9.27. The summed E-state index contributed by atoms with van der Waals surface area (Å²) < 4.78 is 39.0.